The molecule has 0 bridgehead atoms. The number of nitrogens with one attached hydrogen (secondary N) is 1. The van der Waals surface area contributed by atoms with Gasteiger partial charge in [-0.2, -0.15) is 5.48 Å². The molecule has 1 unspecified atom stereocenters. The Balaban J connectivity index is 2.41. The first-order valence-corrected chi connectivity index (χ1v) is 6.95. The third kappa shape index (κ3) is 4.87. The van der Waals surface area contributed by atoms with Crippen molar-refractivity contribution in [2.75, 3.05) is 5.33 Å². The SMILES string of the molecule is O=C(ONC(=O)C(Br)CCBr)c1ccccc1. The van der Waals surface area contributed by atoms with Crippen molar-refractivity contribution < 1.29 is 14.4 Å². The summed E-state index contributed by atoms with van der Waals surface area (Å²) in [5, 5.41) is 0.684. The molecule has 1 aromatic rings. The molecule has 1 aromatic carbocycles. The fourth-order valence-corrected chi connectivity index (χ4v) is 2.42. The van der Waals surface area contributed by atoms with Crippen molar-refractivity contribution >= 4 is 43.7 Å². The highest BCUT2D eigenvalue weighted by Crippen LogP contribution is 2.07. The maximum atomic E-state index is 11.5. The quantitative estimate of drug-likeness (QED) is 0.659. The van der Waals surface area contributed by atoms with Gasteiger partial charge in [-0.3, -0.25) is 4.79 Å². The highest BCUT2D eigenvalue weighted by molar-refractivity contribution is 9.10. The minimum absolute atomic E-state index is 0.381. The van der Waals surface area contributed by atoms with E-state index in [1.165, 1.54) is 0 Å². The van der Waals surface area contributed by atoms with Gasteiger partial charge < -0.3 is 4.84 Å². The van der Waals surface area contributed by atoms with Crippen LogP contribution in [-0.2, 0) is 9.63 Å². The Morgan fingerprint density at radius 3 is 2.53 bits per heavy atom. The Labute approximate surface area is 116 Å². The molecule has 4 nitrogen and oxygen atoms in total. The maximum absolute atomic E-state index is 11.5. The van der Waals surface area contributed by atoms with Crippen molar-refractivity contribution in [1.82, 2.24) is 5.48 Å². The van der Waals surface area contributed by atoms with E-state index in [1.54, 1.807) is 30.3 Å². The van der Waals surface area contributed by atoms with E-state index in [-0.39, 0.29) is 10.7 Å². The van der Waals surface area contributed by atoms with Gasteiger partial charge in [0, 0.05) is 5.33 Å². The molecule has 1 rings (SSSR count). The van der Waals surface area contributed by atoms with E-state index in [1.807, 2.05) is 0 Å². The first-order valence-electron chi connectivity index (χ1n) is 4.91. The summed E-state index contributed by atoms with van der Waals surface area (Å²) in [5.41, 5.74) is 2.50. The Morgan fingerprint density at radius 2 is 1.94 bits per heavy atom. The summed E-state index contributed by atoms with van der Waals surface area (Å²) in [4.78, 5) is 27.2. The zero-order chi connectivity index (χ0) is 12.7. The zero-order valence-corrected chi connectivity index (χ0v) is 12.0. The van der Waals surface area contributed by atoms with Gasteiger partial charge in [-0.05, 0) is 18.6 Å². The second kappa shape index (κ2) is 7.45. The number of amides is 1. The van der Waals surface area contributed by atoms with Crippen LogP contribution in [0.25, 0.3) is 0 Å². The summed E-state index contributed by atoms with van der Waals surface area (Å²) < 4.78 is 0. The van der Waals surface area contributed by atoms with Gasteiger partial charge in [-0.1, -0.05) is 50.1 Å². The van der Waals surface area contributed by atoms with Gasteiger partial charge in [0.15, 0.2) is 0 Å². The van der Waals surface area contributed by atoms with Gasteiger partial charge in [0.2, 0.25) is 0 Å². The third-order valence-corrected chi connectivity index (χ3v) is 3.23. The van der Waals surface area contributed by atoms with Gasteiger partial charge in [0.1, 0.15) is 0 Å². The molecule has 0 saturated heterocycles. The molecule has 0 aliphatic carbocycles. The average molecular weight is 365 g/mol. The van der Waals surface area contributed by atoms with Crippen molar-refractivity contribution in [2.45, 2.75) is 11.2 Å². The lowest BCUT2D eigenvalue weighted by molar-refractivity contribution is -0.129. The van der Waals surface area contributed by atoms with Crippen LogP contribution in [0.15, 0.2) is 30.3 Å². The summed E-state index contributed by atoms with van der Waals surface area (Å²) in [5.74, 6) is -0.966. The summed E-state index contributed by atoms with van der Waals surface area (Å²) in [6, 6.07) is 8.45. The van der Waals surface area contributed by atoms with E-state index in [9.17, 15) is 9.59 Å². The lowest BCUT2D eigenvalue weighted by atomic mass is 10.2. The Bertz CT molecular complexity index is 384. The van der Waals surface area contributed by atoms with Crippen molar-refractivity contribution in [1.29, 1.82) is 0 Å². The number of carbonyl (C=O) groups is 2. The smallest absolute Gasteiger partial charge is 0.335 e. The first kappa shape index (κ1) is 14.2. The normalized spacial score (nSPS) is 11.6. The average Bonchev–Trinajstić information content (AvgIpc) is 2.36. The predicted octanol–water partition coefficient (Wildman–Crippen LogP) is 2.42. The third-order valence-electron chi connectivity index (χ3n) is 1.90. The number of hydrogen-bond donors (Lipinski definition) is 1. The van der Waals surface area contributed by atoms with E-state index < -0.39 is 5.97 Å². The number of alkyl halides is 2. The van der Waals surface area contributed by atoms with Crippen molar-refractivity contribution in [2.24, 2.45) is 0 Å². The molecule has 0 fully saturated rings. The lowest BCUT2D eigenvalue weighted by Gasteiger charge is -2.09. The fraction of sp³-hybridized carbons (Fsp3) is 0.273. The monoisotopic (exact) mass is 363 g/mol. The minimum atomic E-state index is -0.586. The van der Waals surface area contributed by atoms with Crippen LogP contribution in [0, 0.1) is 0 Å². The van der Waals surface area contributed by atoms with Crippen LogP contribution < -0.4 is 5.48 Å². The van der Waals surface area contributed by atoms with E-state index in [4.69, 9.17) is 0 Å². The topological polar surface area (TPSA) is 55.4 Å². The molecule has 0 aliphatic heterocycles. The second-order valence-corrected chi connectivity index (χ2v) is 5.07. The molecule has 17 heavy (non-hydrogen) atoms. The largest absolute Gasteiger partial charge is 0.362 e. The summed E-state index contributed by atoms with van der Waals surface area (Å²) in [6.45, 7) is 0. The van der Waals surface area contributed by atoms with Gasteiger partial charge >= 0.3 is 5.97 Å². The van der Waals surface area contributed by atoms with Crippen LogP contribution >= 0.6 is 31.9 Å². The van der Waals surface area contributed by atoms with E-state index >= 15 is 0 Å². The maximum Gasteiger partial charge on any atom is 0.362 e. The number of carbonyl (C=O) groups excluding carboxylic acids is 2. The van der Waals surface area contributed by atoms with Crippen LogP contribution in [-0.4, -0.2) is 22.0 Å². The van der Waals surface area contributed by atoms with Gasteiger partial charge in [0.25, 0.3) is 5.91 Å². The summed E-state index contributed by atoms with van der Waals surface area (Å²) in [6.07, 6.45) is 0.606. The number of hydroxylamine groups is 1. The number of rotatable bonds is 4. The zero-order valence-electron chi connectivity index (χ0n) is 8.86. The highest BCUT2D eigenvalue weighted by Gasteiger charge is 2.16. The molecule has 1 amide bonds. The first-order chi connectivity index (χ1) is 8.15. The lowest BCUT2D eigenvalue weighted by Crippen LogP contribution is -2.33. The van der Waals surface area contributed by atoms with Gasteiger partial charge in [0.05, 0.1) is 10.4 Å². The fourth-order valence-electron chi connectivity index (χ4n) is 1.02. The Kier molecular flexibility index (Phi) is 6.21. The van der Waals surface area contributed by atoms with Crippen molar-refractivity contribution in [3.8, 4) is 0 Å². The molecule has 0 heterocycles. The predicted molar refractivity (Wildman–Crippen MR) is 71.1 cm³/mol. The molecule has 0 aromatic heterocycles. The van der Waals surface area contributed by atoms with E-state index in [0.29, 0.717) is 17.3 Å². The molecule has 0 radical (unpaired) electrons. The van der Waals surface area contributed by atoms with Gasteiger partial charge in [-0.15, -0.1) is 0 Å². The van der Waals surface area contributed by atoms with E-state index in [2.05, 4.69) is 42.2 Å². The molecular weight excluding hydrogens is 354 g/mol. The number of hydrogen-bond acceptors (Lipinski definition) is 3. The molecule has 0 saturated carbocycles. The van der Waals surface area contributed by atoms with Crippen LogP contribution in [0.3, 0.4) is 0 Å². The molecule has 92 valence electrons. The molecule has 1 N–H and O–H groups in total. The Hall–Kier alpha value is -0.880. The molecule has 0 spiro atoms. The molecule has 0 aliphatic rings. The second-order valence-electron chi connectivity index (χ2n) is 3.17. The van der Waals surface area contributed by atoms with Crippen molar-refractivity contribution in [3.63, 3.8) is 0 Å². The molecule has 6 heteroatoms. The van der Waals surface area contributed by atoms with Crippen LogP contribution in [0.5, 0.6) is 0 Å². The van der Waals surface area contributed by atoms with Crippen molar-refractivity contribution in [3.05, 3.63) is 35.9 Å². The standard InChI is InChI=1S/C11H11Br2NO3/c12-7-6-9(13)10(15)14-17-11(16)8-4-2-1-3-5-8/h1-5,9H,6-7H2,(H,14,15). The Morgan fingerprint density at radius 1 is 1.29 bits per heavy atom. The highest BCUT2D eigenvalue weighted by atomic mass is 79.9. The molecular formula is C11H11Br2NO3. The van der Waals surface area contributed by atoms with E-state index in [0.717, 1.165) is 0 Å². The summed E-state index contributed by atoms with van der Waals surface area (Å²) >= 11 is 6.39. The number of halogens is 2. The van der Waals surface area contributed by atoms with Gasteiger partial charge in [-0.25, -0.2) is 4.79 Å². The number of benzene rings is 1. The van der Waals surface area contributed by atoms with Crippen LogP contribution in [0.2, 0.25) is 0 Å². The minimum Gasteiger partial charge on any atom is -0.335 e. The molecule has 1 atom stereocenters. The van der Waals surface area contributed by atoms with Crippen LogP contribution in [0.4, 0.5) is 0 Å². The van der Waals surface area contributed by atoms with Crippen LogP contribution in [0.1, 0.15) is 16.8 Å². The summed E-state index contributed by atoms with van der Waals surface area (Å²) in [7, 11) is 0.